The van der Waals surface area contributed by atoms with E-state index in [0.717, 1.165) is 0 Å². The fourth-order valence-electron chi connectivity index (χ4n) is 1.40. The number of carboxylic acids is 1. The number of amides is 1. The molecule has 1 amide bonds. The Labute approximate surface area is 99.6 Å². The van der Waals surface area contributed by atoms with Crippen LogP contribution in [0.5, 0.6) is 0 Å². The highest BCUT2D eigenvalue weighted by molar-refractivity contribution is 5.94. The summed E-state index contributed by atoms with van der Waals surface area (Å²) in [4.78, 5) is 22.3. The van der Waals surface area contributed by atoms with Crippen LogP contribution in [0, 0.1) is 0 Å². The zero-order valence-corrected chi connectivity index (χ0v) is 10.2. The zero-order chi connectivity index (χ0) is 13.1. The fourth-order valence-corrected chi connectivity index (χ4v) is 1.40. The van der Waals surface area contributed by atoms with Crippen LogP contribution in [0.15, 0.2) is 12.4 Å². The van der Waals surface area contributed by atoms with Gasteiger partial charge in [-0.25, -0.2) is 0 Å². The Balaban J connectivity index is 2.58. The van der Waals surface area contributed by atoms with Gasteiger partial charge in [0.05, 0.1) is 11.8 Å². The van der Waals surface area contributed by atoms with Crippen molar-refractivity contribution in [2.45, 2.75) is 32.2 Å². The van der Waals surface area contributed by atoms with Crippen LogP contribution in [0.3, 0.4) is 0 Å². The van der Waals surface area contributed by atoms with Gasteiger partial charge in [-0.3, -0.25) is 14.3 Å². The number of carbonyl (C=O) groups is 2. The molecule has 0 radical (unpaired) electrons. The van der Waals surface area contributed by atoms with Crippen molar-refractivity contribution in [3.8, 4) is 0 Å². The molecular weight excluding hydrogens is 222 g/mol. The van der Waals surface area contributed by atoms with Crippen molar-refractivity contribution in [1.82, 2.24) is 15.1 Å². The number of nitrogens with zero attached hydrogens (tertiary/aromatic N) is 2. The van der Waals surface area contributed by atoms with E-state index in [1.165, 1.54) is 6.20 Å². The Morgan fingerprint density at radius 3 is 2.65 bits per heavy atom. The van der Waals surface area contributed by atoms with Crippen molar-refractivity contribution >= 4 is 11.9 Å². The lowest BCUT2D eigenvalue weighted by Crippen LogP contribution is -2.43. The monoisotopic (exact) mass is 239 g/mol. The first-order valence-corrected chi connectivity index (χ1v) is 5.33. The molecule has 0 saturated carbocycles. The number of hydrogen-bond donors (Lipinski definition) is 2. The highest BCUT2D eigenvalue weighted by Crippen LogP contribution is 2.12. The topological polar surface area (TPSA) is 84.2 Å². The van der Waals surface area contributed by atoms with Gasteiger partial charge in [0, 0.05) is 25.2 Å². The number of carbonyl (C=O) groups excluding carboxylic acids is 1. The number of rotatable bonds is 5. The second kappa shape index (κ2) is 4.99. The molecule has 0 atom stereocenters. The van der Waals surface area contributed by atoms with E-state index in [1.54, 1.807) is 31.8 Å². The lowest BCUT2D eigenvalue weighted by molar-refractivity contribution is -0.137. The molecule has 6 heteroatoms. The summed E-state index contributed by atoms with van der Waals surface area (Å²) in [6.07, 6.45) is 3.50. The van der Waals surface area contributed by atoms with Crippen molar-refractivity contribution in [3.63, 3.8) is 0 Å². The second-order valence-electron chi connectivity index (χ2n) is 4.63. The number of aromatic nitrogens is 2. The molecule has 6 nitrogen and oxygen atoms in total. The van der Waals surface area contributed by atoms with Gasteiger partial charge in [0.15, 0.2) is 0 Å². The standard InChI is InChI=1S/C11H17N3O3/c1-11(2,5-4-9(15)16)13-10(17)8-6-12-14(3)7-8/h6-7H,4-5H2,1-3H3,(H,13,17)(H,15,16). The highest BCUT2D eigenvalue weighted by Gasteiger charge is 2.22. The summed E-state index contributed by atoms with van der Waals surface area (Å²) in [7, 11) is 1.73. The second-order valence-corrected chi connectivity index (χ2v) is 4.63. The fraction of sp³-hybridized carbons (Fsp3) is 0.545. The molecule has 2 N–H and O–H groups in total. The van der Waals surface area contributed by atoms with Crippen molar-refractivity contribution in [2.24, 2.45) is 7.05 Å². The third kappa shape index (κ3) is 4.26. The summed E-state index contributed by atoms with van der Waals surface area (Å²) >= 11 is 0. The Kier molecular flexibility index (Phi) is 3.88. The molecule has 0 saturated heterocycles. The normalized spacial score (nSPS) is 11.2. The summed E-state index contributed by atoms with van der Waals surface area (Å²) in [6.45, 7) is 3.59. The van der Waals surface area contributed by atoms with Gasteiger partial charge in [0.25, 0.3) is 5.91 Å². The number of carboxylic acid groups (broad SMARTS) is 1. The third-order valence-corrected chi connectivity index (χ3v) is 2.38. The molecule has 0 aliphatic rings. The summed E-state index contributed by atoms with van der Waals surface area (Å²) in [5, 5.41) is 15.3. The predicted molar refractivity (Wildman–Crippen MR) is 61.6 cm³/mol. The molecule has 1 heterocycles. The predicted octanol–water partition coefficient (Wildman–Crippen LogP) is 0.793. The molecule has 0 spiro atoms. The minimum absolute atomic E-state index is 0.0281. The Hall–Kier alpha value is -1.85. The maximum absolute atomic E-state index is 11.8. The van der Waals surface area contributed by atoms with E-state index in [0.29, 0.717) is 12.0 Å². The summed E-state index contributed by atoms with van der Waals surface area (Å²) in [5.74, 6) is -1.11. The van der Waals surface area contributed by atoms with Gasteiger partial charge in [-0.05, 0) is 20.3 Å². The van der Waals surface area contributed by atoms with E-state index in [2.05, 4.69) is 10.4 Å². The average Bonchev–Trinajstić information content (AvgIpc) is 2.61. The van der Waals surface area contributed by atoms with E-state index < -0.39 is 11.5 Å². The largest absolute Gasteiger partial charge is 0.481 e. The Morgan fingerprint density at radius 2 is 2.18 bits per heavy atom. The van der Waals surface area contributed by atoms with E-state index >= 15 is 0 Å². The van der Waals surface area contributed by atoms with Crippen LogP contribution in [0.1, 0.15) is 37.0 Å². The summed E-state index contributed by atoms with van der Waals surface area (Å²) < 4.78 is 1.54. The lowest BCUT2D eigenvalue weighted by Gasteiger charge is -2.25. The number of hydrogen-bond acceptors (Lipinski definition) is 3. The molecular formula is C11H17N3O3. The third-order valence-electron chi connectivity index (χ3n) is 2.38. The minimum atomic E-state index is -0.867. The van der Waals surface area contributed by atoms with E-state index in [4.69, 9.17) is 5.11 Å². The van der Waals surface area contributed by atoms with Crippen LogP contribution < -0.4 is 5.32 Å². The van der Waals surface area contributed by atoms with E-state index in [1.807, 2.05) is 0 Å². The van der Waals surface area contributed by atoms with Gasteiger partial charge < -0.3 is 10.4 Å². The first kappa shape index (κ1) is 13.2. The van der Waals surface area contributed by atoms with Crippen LogP contribution >= 0.6 is 0 Å². The molecule has 1 aromatic rings. The SMILES string of the molecule is Cn1cc(C(=O)NC(C)(C)CCC(=O)O)cn1. The van der Waals surface area contributed by atoms with Crippen LogP contribution in [0.2, 0.25) is 0 Å². The van der Waals surface area contributed by atoms with Crippen LogP contribution in [0.4, 0.5) is 0 Å². The van der Waals surface area contributed by atoms with Crippen LogP contribution in [-0.4, -0.2) is 32.3 Å². The Bertz CT molecular complexity index is 423. The van der Waals surface area contributed by atoms with Crippen molar-refractivity contribution in [1.29, 1.82) is 0 Å². The minimum Gasteiger partial charge on any atom is -0.481 e. The molecule has 0 unspecified atom stereocenters. The average molecular weight is 239 g/mol. The molecule has 0 bridgehead atoms. The quantitative estimate of drug-likeness (QED) is 0.795. The molecule has 1 aromatic heterocycles. The van der Waals surface area contributed by atoms with Gasteiger partial charge in [-0.2, -0.15) is 5.10 Å². The Morgan fingerprint density at radius 1 is 1.53 bits per heavy atom. The molecule has 0 fully saturated rings. The van der Waals surface area contributed by atoms with Crippen LogP contribution in [0.25, 0.3) is 0 Å². The maximum atomic E-state index is 11.8. The molecule has 1 rings (SSSR count). The summed E-state index contributed by atoms with van der Waals surface area (Å²) in [5.41, 5.74) is -0.0819. The molecule has 0 aliphatic heterocycles. The van der Waals surface area contributed by atoms with Crippen molar-refractivity contribution < 1.29 is 14.7 Å². The van der Waals surface area contributed by atoms with Gasteiger partial charge in [-0.15, -0.1) is 0 Å². The smallest absolute Gasteiger partial charge is 0.303 e. The maximum Gasteiger partial charge on any atom is 0.303 e. The lowest BCUT2D eigenvalue weighted by atomic mass is 9.98. The first-order chi connectivity index (χ1) is 7.80. The van der Waals surface area contributed by atoms with Crippen molar-refractivity contribution in [3.05, 3.63) is 18.0 Å². The van der Waals surface area contributed by atoms with Gasteiger partial charge in [-0.1, -0.05) is 0 Å². The molecule has 0 aliphatic carbocycles. The molecule has 0 aromatic carbocycles. The number of aryl methyl sites for hydroxylation is 1. The highest BCUT2D eigenvalue weighted by atomic mass is 16.4. The number of aliphatic carboxylic acids is 1. The van der Waals surface area contributed by atoms with Gasteiger partial charge >= 0.3 is 5.97 Å². The zero-order valence-electron chi connectivity index (χ0n) is 10.2. The van der Waals surface area contributed by atoms with Crippen LogP contribution in [-0.2, 0) is 11.8 Å². The molecule has 17 heavy (non-hydrogen) atoms. The number of nitrogens with one attached hydrogen (secondary N) is 1. The van der Waals surface area contributed by atoms with Gasteiger partial charge in [0.1, 0.15) is 0 Å². The first-order valence-electron chi connectivity index (χ1n) is 5.33. The summed E-state index contributed by atoms with van der Waals surface area (Å²) in [6, 6.07) is 0. The molecule has 94 valence electrons. The van der Waals surface area contributed by atoms with E-state index in [9.17, 15) is 9.59 Å². The van der Waals surface area contributed by atoms with E-state index in [-0.39, 0.29) is 12.3 Å². The van der Waals surface area contributed by atoms with Crippen molar-refractivity contribution in [2.75, 3.05) is 0 Å². The van der Waals surface area contributed by atoms with Gasteiger partial charge in [0.2, 0.25) is 0 Å².